The first-order valence-electron chi connectivity index (χ1n) is 7.69. The van der Waals surface area contributed by atoms with Crippen LogP contribution in [0.15, 0.2) is 18.2 Å². The van der Waals surface area contributed by atoms with Gasteiger partial charge in [0.1, 0.15) is 5.82 Å². The third-order valence-corrected chi connectivity index (χ3v) is 4.21. The number of piperazine rings is 1. The van der Waals surface area contributed by atoms with Crippen molar-refractivity contribution in [3.63, 3.8) is 0 Å². The van der Waals surface area contributed by atoms with E-state index in [1.54, 1.807) is 9.80 Å². The van der Waals surface area contributed by atoms with E-state index in [9.17, 15) is 14.0 Å². The minimum atomic E-state index is -0.469. The fraction of sp³-hybridized carbons (Fsp3) is 0.500. The molecule has 0 bridgehead atoms. The summed E-state index contributed by atoms with van der Waals surface area (Å²) in [5, 5.41) is 3.12. The molecule has 0 aromatic heterocycles. The van der Waals surface area contributed by atoms with Crippen LogP contribution in [0.4, 0.5) is 4.39 Å². The summed E-state index contributed by atoms with van der Waals surface area (Å²) in [5.41, 5.74) is 0.293. The van der Waals surface area contributed by atoms with Crippen molar-refractivity contribution in [2.75, 3.05) is 39.8 Å². The predicted octanol–water partition coefficient (Wildman–Crippen LogP) is 1.76. The van der Waals surface area contributed by atoms with E-state index in [4.69, 9.17) is 11.6 Å². The lowest BCUT2D eigenvalue weighted by Gasteiger charge is -2.35. The zero-order valence-corrected chi connectivity index (χ0v) is 13.9. The Kier molecular flexibility index (Phi) is 6.36. The molecule has 0 aliphatic carbocycles. The lowest BCUT2D eigenvalue weighted by Crippen LogP contribution is -2.50. The van der Waals surface area contributed by atoms with Gasteiger partial charge in [-0.05, 0) is 38.2 Å². The summed E-state index contributed by atoms with van der Waals surface area (Å²) < 4.78 is 13.1. The Hall–Kier alpha value is -1.66. The van der Waals surface area contributed by atoms with E-state index in [0.29, 0.717) is 38.2 Å². The predicted molar refractivity (Wildman–Crippen MR) is 87.1 cm³/mol. The largest absolute Gasteiger partial charge is 0.339 e. The van der Waals surface area contributed by atoms with Crippen LogP contribution in [0.5, 0.6) is 0 Å². The number of halogens is 2. The molecule has 1 aromatic rings. The van der Waals surface area contributed by atoms with E-state index in [0.717, 1.165) is 19.0 Å². The summed E-state index contributed by atoms with van der Waals surface area (Å²) in [5.74, 6) is -0.576. The molecule has 0 saturated carbocycles. The molecule has 5 nitrogen and oxygen atoms in total. The van der Waals surface area contributed by atoms with Crippen molar-refractivity contribution < 1.29 is 14.0 Å². The second-order valence-electron chi connectivity index (χ2n) is 5.50. The Labute approximate surface area is 140 Å². The molecule has 2 rings (SSSR count). The number of nitrogens with one attached hydrogen (secondary N) is 1. The summed E-state index contributed by atoms with van der Waals surface area (Å²) in [7, 11) is 1.86. The molecule has 0 unspecified atom stereocenters. The van der Waals surface area contributed by atoms with Crippen LogP contribution < -0.4 is 5.32 Å². The van der Waals surface area contributed by atoms with Crippen LogP contribution in [0.2, 0.25) is 5.02 Å². The number of rotatable bonds is 5. The molecular weight excluding hydrogens is 321 g/mol. The minimum absolute atomic E-state index is 0.112. The van der Waals surface area contributed by atoms with Gasteiger partial charge >= 0.3 is 0 Å². The molecule has 23 heavy (non-hydrogen) atoms. The van der Waals surface area contributed by atoms with E-state index in [1.807, 2.05) is 7.05 Å². The average molecular weight is 342 g/mol. The van der Waals surface area contributed by atoms with Crippen molar-refractivity contribution >= 4 is 23.4 Å². The molecule has 1 aliphatic heterocycles. The van der Waals surface area contributed by atoms with Gasteiger partial charge in [-0.2, -0.15) is 0 Å². The van der Waals surface area contributed by atoms with Crippen molar-refractivity contribution in [3.8, 4) is 0 Å². The highest BCUT2D eigenvalue weighted by atomic mass is 35.5. The fourth-order valence-corrected chi connectivity index (χ4v) is 2.81. The molecule has 126 valence electrons. The normalized spacial score (nSPS) is 14.9. The quantitative estimate of drug-likeness (QED) is 0.830. The third kappa shape index (κ3) is 4.65. The first-order chi connectivity index (χ1) is 11.0. The highest BCUT2D eigenvalue weighted by Gasteiger charge is 2.25. The van der Waals surface area contributed by atoms with Gasteiger partial charge in [0, 0.05) is 32.6 Å². The second-order valence-corrected chi connectivity index (χ2v) is 5.91. The van der Waals surface area contributed by atoms with Gasteiger partial charge in [0.25, 0.3) is 5.91 Å². The lowest BCUT2D eigenvalue weighted by molar-refractivity contribution is -0.132. The molecule has 2 amide bonds. The average Bonchev–Trinajstić information content (AvgIpc) is 2.54. The van der Waals surface area contributed by atoms with Crippen LogP contribution in [0, 0.1) is 5.82 Å². The smallest absolute Gasteiger partial charge is 0.255 e. The van der Waals surface area contributed by atoms with Crippen molar-refractivity contribution in [1.29, 1.82) is 0 Å². The zero-order chi connectivity index (χ0) is 16.8. The molecule has 0 atom stereocenters. The molecule has 1 heterocycles. The van der Waals surface area contributed by atoms with Gasteiger partial charge < -0.3 is 15.1 Å². The van der Waals surface area contributed by atoms with Gasteiger partial charge in [-0.15, -0.1) is 0 Å². The number of benzene rings is 1. The summed E-state index contributed by atoms with van der Waals surface area (Å²) in [6, 6.07) is 3.76. The standard InChI is InChI=1S/C16H21ClFN3O2/c1-19-6-2-3-15(22)20-7-9-21(10-8-20)16(23)13-5-4-12(18)11-14(13)17/h4-5,11,19H,2-3,6-10H2,1H3. The Bertz CT molecular complexity index is 574. The summed E-state index contributed by atoms with van der Waals surface area (Å²) in [6.07, 6.45) is 1.32. The molecule has 1 fully saturated rings. The van der Waals surface area contributed by atoms with Crippen LogP contribution in [-0.2, 0) is 4.79 Å². The van der Waals surface area contributed by atoms with E-state index >= 15 is 0 Å². The van der Waals surface area contributed by atoms with Gasteiger partial charge in [0.2, 0.25) is 5.91 Å². The molecule has 1 aromatic carbocycles. The van der Waals surface area contributed by atoms with Crippen molar-refractivity contribution in [3.05, 3.63) is 34.6 Å². The van der Waals surface area contributed by atoms with Crippen molar-refractivity contribution in [2.45, 2.75) is 12.8 Å². The molecule has 1 N–H and O–H groups in total. The molecule has 1 saturated heterocycles. The molecule has 1 aliphatic rings. The van der Waals surface area contributed by atoms with E-state index in [1.165, 1.54) is 12.1 Å². The maximum absolute atomic E-state index is 13.1. The number of hydrogen-bond donors (Lipinski definition) is 1. The topological polar surface area (TPSA) is 52.7 Å². The maximum Gasteiger partial charge on any atom is 0.255 e. The lowest BCUT2D eigenvalue weighted by atomic mass is 10.1. The number of carbonyl (C=O) groups excluding carboxylic acids is 2. The summed E-state index contributed by atoms with van der Waals surface area (Å²) in [6.45, 7) is 2.77. The van der Waals surface area contributed by atoms with E-state index < -0.39 is 5.82 Å². The van der Waals surface area contributed by atoms with Crippen molar-refractivity contribution in [1.82, 2.24) is 15.1 Å². The van der Waals surface area contributed by atoms with Gasteiger partial charge in [0.15, 0.2) is 0 Å². The zero-order valence-electron chi connectivity index (χ0n) is 13.1. The number of amides is 2. The van der Waals surface area contributed by atoms with Crippen LogP contribution in [0.25, 0.3) is 0 Å². The highest BCUT2D eigenvalue weighted by Crippen LogP contribution is 2.20. The van der Waals surface area contributed by atoms with Crippen LogP contribution in [0.3, 0.4) is 0 Å². The summed E-state index contributed by atoms with van der Waals surface area (Å²) in [4.78, 5) is 27.9. The fourth-order valence-electron chi connectivity index (χ4n) is 2.57. The Morgan fingerprint density at radius 2 is 1.87 bits per heavy atom. The van der Waals surface area contributed by atoms with Crippen LogP contribution in [-0.4, -0.2) is 61.4 Å². The first kappa shape index (κ1) is 17.7. The monoisotopic (exact) mass is 341 g/mol. The molecule has 0 spiro atoms. The molecular formula is C16H21ClFN3O2. The van der Waals surface area contributed by atoms with Gasteiger partial charge in [-0.1, -0.05) is 11.6 Å². The van der Waals surface area contributed by atoms with Crippen LogP contribution >= 0.6 is 11.6 Å². The third-order valence-electron chi connectivity index (χ3n) is 3.90. The minimum Gasteiger partial charge on any atom is -0.339 e. The van der Waals surface area contributed by atoms with E-state index in [-0.39, 0.29) is 16.8 Å². The Morgan fingerprint density at radius 1 is 1.22 bits per heavy atom. The van der Waals surface area contributed by atoms with Gasteiger partial charge in [-0.3, -0.25) is 9.59 Å². The second kappa shape index (κ2) is 8.26. The highest BCUT2D eigenvalue weighted by molar-refractivity contribution is 6.33. The summed E-state index contributed by atoms with van der Waals surface area (Å²) >= 11 is 5.94. The maximum atomic E-state index is 13.1. The number of nitrogens with zero attached hydrogens (tertiary/aromatic N) is 2. The Morgan fingerprint density at radius 3 is 2.48 bits per heavy atom. The molecule has 0 radical (unpaired) electrons. The SMILES string of the molecule is CNCCCC(=O)N1CCN(C(=O)c2ccc(F)cc2Cl)CC1. The van der Waals surface area contributed by atoms with Gasteiger partial charge in [0.05, 0.1) is 10.6 Å². The van der Waals surface area contributed by atoms with Crippen LogP contribution in [0.1, 0.15) is 23.2 Å². The number of hydrogen-bond acceptors (Lipinski definition) is 3. The Balaban J connectivity index is 1.88. The van der Waals surface area contributed by atoms with Gasteiger partial charge in [-0.25, -0.2) is 4.39 Å². The van der Waals surface area contributed by atoms with E-state index in [2.05, 4.69) is 5.32 Å². The molecule has 7 heteroatoms. The van der Waals surface area contributed by atoms with Crippen molar-refractivity contribution in [2.24, 2.45) is 0 Å². The number of carbonyl (C=O) groups is 2. The first-order valence-corrected chi connectivity index (χ1v) is 8.07.